The van der Waals surface area contributed by atoms with Crippen molar-refractivity contribution in [2.24, 2.45) is 11.8 Å². The van der Waals surface area contributed by atoms with Crippen LogP contribution in [0.1, 0.15) is 77.6 Å². The smallest absolute Gasteiger partial charge is 0.303 e. The Balaban J connectivity index is 2.39. The largest absolute Gasteiger partial charge is 0.481 e. The monoisotopic (exact) mass is 380 g/mol. The second-order valence-electron chi connectivity index (χ2n) is 7.57. The van der Waals surface area contributed by atoms with Crippen molar-refractivity contribution in [1.29, 1.82) is 0 Å². The van der Waals surface area contributed by atoms with Crippen LogP contribution in [0.2, 0.25) is 0 Å². The average Bonchev–Trinajstić information content (AvgIpc) is 2.88. The van der Waals surface area contributed by atoms with E-state index in [4.69, 9.17) is 5.11 Å². The van der Waals surface area contributed by atoms with Crippen LogP contribution >= 0.6 is 0 Å². The van der Waals surface area contributed by atoms with Crippen LogP contribution in [0.5, 0.6) is 0 Å². The molecule has 0 bridgehead atoms. The van der Waals surface area contributed by atoms with Gasteiger partial charge in [-0.1, -0.05) is 56.9 Å². The van der Waals surface area contributed by atoms with Crippen LogP contribution in [-0.4, -0.2) is 39.3 Å². The molecule has 154 valence electrons. The maximum Gasteiger partial charge on any atom is 0.303 e. The van der Waals surface area contributed by atoms with Crippen molar-refractivity contribution in [3.8, 4) is 0 Å². The molecule has 0 aromatic carbocycles. The number of hydrogen-bond acceptors (Lipinski definition) is 4. The third kappa shape index (κ3) is 9.87. The zero-order chi connectivity index (χ0) is 20.1. The number of unbranched alkanes of at least 4 members (excludes halogenated alkanes) is 5. The standard InChI is InChI=1S/C22H36O5/c1-2-3-8-11-17(23)14-15-19-18(20(24)16-21(19)25)12-9-6-4-5-7-10-13-22(26)27/h6,9,14-15,17-19,21,23,25H,2-5,7-8,10-13,16H2,1H3,(H,26,27)/t17?,18-,19-,21-/m1/s1. The van der Waals surface area contributed by atoms with E-state index < -0.39 is 18.2 Å². The number of carboxylic acid groups (broad SMARTS) is 1. The van der Waals surface area contributed by atoms with Crippen LogP contribution < -0.4 is 0 Å². The summed E-state index contributed by atoms with van der Waals surface area (Å²) in [4.78, 5) is 22.6. The van der Waals surface area contributed by atoms with Crippen molar-refractivity contribution in [2.75, 3.05) is 0 Å². The summed E-state index contributed by atoms with van der Waals surface area (Å²) < 4.78 is 0. The highest BCUT2D eigenvalue weighted by Crippen LogP contribution is 2.33. The molecule has 0 radical (unpaired) electrons. The molecule has 27 heavy (non-hydrogen) atoms. The molecule has 0 aliphatic heterocycles. The third-order valence-electron chi connectivity index (χ3n) is 5.21. The first-order chi connectivity index (χ1) is 13.0. The number of hydrogen-bond donors (Lipinski definition) is 3. The minimum absolute atomic E-state index is 0.0868. The summed E-state index contributed by atoms with van der Waals surface area (Å²) in [6.45, 7) is 2.12. The highest BCUT2D eigenvalue weighted by Gasteiger charge is 2.39. The van der Waals surface area contributed by atoms with E-state index in [-0.39, 0.29) is 30.5 Å². The van der Waals surface area contributed by atoms with E-state index in [9.17, 15) is 19.8 Å². The van der Waals surface area contributed by atoms with Crippen LogP contribution in [0.3, 0.4) is 0 Å². The summed E-state index contributed by atoms with van der Waals surface area (Å²) in [5.74, 6) is -1.11. The van der Waals surface area contributed by atoms with Crippen molar-refractivity contribution < 1.29 is 24.9 Å². The first-order valence-electron chi connectivity index (χ1n) is 10.4. The first kappa shape index (κ1) is 23.6. The Bertz CT molecular complexity index is 497. The second-order valence-corrected chi connectivity index (χ2v) is 7.57. The average molecular weight is 381 g/mol. The molecule has 0 saturated heterocycles. The predicted octanol–water partition coefficient (Wildman–Crippen LogP) is 4.03. The van der Waals surface area contributed by atoms with Gasteiger partial charge < -0.3 is 15.3 Å². The topological polar surface area (TPSA) is 94.8 Å². The molecule has 0 aromatic heterocycles. The molecule has 1 rings (SSSR count). The summed E-state index contributed by atoms with van der Waals surface area (Å²) in [5.41, 5.74) is 0. The molecule has 0 amide bonds. The van der Waals surface area contributed by atoms with Gasteiger partial charge in [-0.3, -0.25) is 9.59 Å². The van der Waals surface area contributed by atoms with Gasteiger partial charge in [-0.25, -0.2) is 0 Å². The zero-order valence-corrected chi connectivity index (χ0v) is 16.6. The van der Waals surface area contributed by atoms with E-state index in [1.54, 1.807) is 6.08 Å². The maximum atomic E-state index is 12.2. The number of carboxylic acids is 1. The van der Waals surface area contributed by atoms with E-state index in [0.717, 1.165) is 38.5 Å². The van der Waals surface area contributed by atoms with Crippen molar-refractivity contribution in [3.05, 3.63) is 24.3 Å². The van der Waals surface area contributed by atoms with Crippen molar-refractivity contribution in [3.63, 3.8) is 0 Å². The Hall–Kier alpha value is -1.46. The molecule has 4 atom stereocenters. The molecule has 0 spiro atoms. The van der Waals surface area contributed by atoms with Crippen LogP contribution in [0.15, 0.2) is 24.3 Å². The van der Waals surface area contributed by atoms with Crippen molar-refractivity contribution in [1.82, 2.24) is 0 Å². The van der Waals surface area contributed by atoms with E-state index in [2.05, 4.69) is 6.92 Å². The fourth-order valence-electron chi connectivity index (χ4n) is 3.56. The van der Waals surface area contributed by atoms with Gasteiger partial charge in [0.2, 0.25) is 0 Å². The van der Waals surface area contributed by atoms with Crippen molar-refractivity contribution >= 4 is 11.8 Å². The SMILES string of the molecule is CCCCCC(O)C=C[C@H]1[C@H](O)CC(=O)[C@@H]1CC=CCCCCCC(=O)O. The molecule has 0 heterocycles. The molecule has 5 heteroatoms. The Morgan fingerprint density at radius 3 is 2.67 bits per heavy atom. The molecular weight excluding hydrogens is 344 g/mol. The second kappa shape index (κ2) is 13.7. The van der Waals surface area contributed by atoms with Gasteiger partial charge in [0.15, 0.2) is 0 Å². The van der Waals surface area contributed by atoms with Gasteiger partial charge in [0.25, 0.3) is 0 Å². The van der Waals surface area contributed by atoms with Crippen LogP contribution in [0.25, 0.3) is 0 Å². The lowest BCUT2D eigenvalue weighted by Crippen LogP contribution is -2.18. The predicted molar refractivity (Wildman–Crippen MR) is 106 cm³/mol. The number of carbonyl (C=O) groups excluding carboxylic acids is 1. The summed E-state index contributed by atoms with van der Waals surface area (Å²) in [7, 11) is 0. The first-order valence-corrected chi connectivity index (χ1v) is 10.4. The maximum absolute atomic E-state index is 12.2. The number of carbonyl (C=O) groups is 2. The summed E-state index contributed by atoms with van der Waals surface area (Å²) in [5, 5.41) is 28.8. The van der Waals surface area contributed by atoms with E-state index >= 15 is 0 Å². The van der Waals surface area contributed by atoms with Gasteiger partial charge in [-0.05, 0) is 32.1 Å². The highest BCUT2D eigenvalue weighted by molar-refractivity contribution is 5.84. The fourth-order valence-corrected chi connectivity index (χ4v) is 3.56. The van der Waals surface area contributed by atoms with Gasteiger partial charge in [0, 0.05) is 24.7 Å². The van der Waals surface area contributed by atoms with E-state index in [1.807, 2.05) is 18.2 Å². The molecule has 3 N–H and O–H groups in total. The lowest BCUT2D eigenvalue weighted by atomic mass is 9.90. The van der Waals surface area contributed by atoms with Gasteiger partial charge >= 0.3 is 5.97 Å². The number of aliphatic hydroxyl groups excluding tert-OH is 2. The summed E-state index contributed by atoms with van der Waals surface area (Å²) in [6.07, 6.45) is 14.7. The third-order valence-corrected chi connectivity index (χ3v) is 5.21. The quantitative estimate of drug-likeness (QED) is 0.312. The normalized spacial score (nSPS) is 24.3. The fraction of sp³-hybridized carbons (Fsp3) is 0.727. The Labute approximate surface area is 163 Å². The van der Waals surface area contributed by atoms with Crippen LogP contribution in [0.4, 0.5) is 0 Å². The number of aliphatic carboxylic acids is 1. The number of allylic oxidation sites excluding steroid dienone is 2. The molecule has 1 unspecified atom stereocenters. The van der Waals surface area contributed by atoms with Crippen molar-refractivity contribution in [2.45, 2.75) is 89.8 Å². The number of aliphatic hydroxyl groups is 2. The zero-order valence-electron chi connectivity index (χ0n) is 16.6. The Morgan fingerprint density at radius 2 is 1.96 bits per heavy atom. The lowest BCUT2D eigenvalue weighted by Gasteiger charge is -2.16. The Kier molecular flexibility index (Phi) is 11.9. The van der Waals surface area contributed by atoms with E-state index in [1.165, 1.54) is 0 Å². The highest BCUT2D eigenvalue weighted by atomic mass is 16.4. The Morgan fingerprint density at radius 1 is 1.19 bits per heavy atom. The van der Waals surface area contributed by atoms with Gasteiger partial charge in [-0.15, -0.1) is 0 Å². The summed E-state index contributed by atoms with van der Waals surface area (Å²) in [6, 6.07) is 0. The molecule has 1 fully saturated rings. The van der Waals surface area contributed by atoms with Gasteiger partial charge in [-0.2, -0.15) is 0 Å². The number of rotatable bonds is 14. The molecule has 1 aliphatic carbocycles. The number of ketones is 1. The van der Waals surface area contributed by atoms with Crippen LogP contribution in [-0.2, 0) is 9.59 Å². The molecule has 0 aromatic rings. The number of Topliss-reactive ketones (excluding diaryl/α,β-unsaturated/α-hetero) is 1. The summed E-state index contributed by atoms with van der Waals surface area (Å²) >= 11 is 0. The van der Waals surface area contributed by atoms with Gasteiger partial charge in [0.05, 0.1) is 12.2 Å². The lowest BCUT2D eigenvalue weighted by molar-refractivity contribution is -0.137. The molecule has 1 aliphatic rings. The van der Waals surface area contributed by atoms with Gasteiger partial charge in [0.1, 0.15) is 5.78 Å². The molecule has 5 nitrogen and oxygen atoms in total. The molecule has 1 saturated carbocycles. The minimum atomic E-state index is -0.751. The van der Waals surface area contributed by atoms with Crippen LogP contribution in [0, 0.1) is 11.8 Å². The minimum Gasteiger partial charge on any atom is -0.481 e. The van der Waals surface area contributed by atoms with E-state index in [0.29, 0.717) is 19.3 Å². The molecular formula is C22H36O5.